The van der Waals surface area contributed by atoms with Crippen molar-refractivity contribution >= 4 is 5.69 Å². The Hall–Kier alpha value is -1.87. The minimum absolute atomic E-state index is 0.126. The topological polar surface area (TPSA) is 15.3 Å². The third-order valence-corrected chi connectivity index (χ3v) is 4.04. The van der Waals surface area contributed by atoms with Crippen LogP contribution in [0.5, 0.6) is 0 Å². The number of nitrogens with zero attached hydrogens (tertiary/aromatic N) is 1. The van der Waals surface area contributed by atoms with Crippen molar-refractivity contribution in [3.05, 3.63) is 65.5 Å². The lowest BCUT2D eigenvalue weighted by atomic mass is 10.2. The highest BCUT2D eigenvalue weighted by atomic mass is 19.1. The molecule has 1 aliphatic heterocycles. The highest BCUT2D eigenvalue weighted by Gasteiger charge is 2.17. The van der Waals surface area contributed by atoms with Gasteiger partial charge in [-0.05, 0) is 37.1 Å². The molecule has 0 aliphatic carbocycles. The number of benzene rings is 2. The van der Waals surface area contributed by atoms with Crippen LogP contribution < -0.4 is 10.2 Å². The summed E-state index contributed by atoms with van der Waals surface area (Å²) in [6.07, 6.45) is 2.22. The second kappa shape index (κ2) is 6.72. The van der Waals surface area contributed by atoms with Crippen LogP contribution in [0.4, 0.5) is 10.1 Å². The molecule has 0 amide bonds. The van der Waals surface area contributed by atoms with Crippen LogP contribution in [0.25, 0.3) is 0 Å². The van der Waals surface area contributed by atoms with E-state index in [0.717, 1.165) is 38.0 Å². The predicted molar refractivity (Wildman–Crippen MR) is 85.1 cm³/mol. The van der Waals surface area contributed by atoms with Gasteiger partial charge in [0.1, 0.15) is 5.82 Å². The van der Waals surface area contributed by atoms with Crippen molar-refractivity contribution in [2.24, 2.45) is 0 Å². The van der Waals surface area contributed by atoms with E-state index < -0.39 is 0 Å². The van der Waals surface area contributed by atoms with Gasteiger partial charge in [0.15, 0.2) is 0 Å². The first-order chi connectivity index (χ1) is 10.3. The zero-order chi connectivity index (χ0) is 14.5. The molecule has 0 aromatic heterocycles. The van der Waals surface area contributed by atoms with Crippen LogP contribution in [-0.2, 0) is 13.0 Å². The Balaban J connectivity index is 1.41. The lowest BCUT2D eigenvalue weighted by Gasteiger charge is -2.19. The number of hydrogen-bond donors (Lipinski definition) is 1. The van der Waals surface area contributed by atoms with Gasteiger partial charge in [-0.15, -0.1) is 0 Å². The predicted octanol–water partition coefficient (Wildman–Crippen LogP) is 3.37. The first-order valence-corrected chi connectivity index (χ1v) is 7.61. The van der Waals surface area contributed by atoms with E-state index in [0.29, 0.717) is 6.54 Å². The van der Waals surface area contributed by atoms with Crippen LogP contribution in [0.2, 0.25) is 0 Å². The molecule has 0 spiro atoms. The van der Waals surface area contributed by atoms with E-state index in [1.165, 1.54) is 17.3 Å². The Labute approximate surface area is 125 Å². The zero-order valence-electron chi connectivity index (χ0n) is 12.2. The maximum atomic E-state index is 13.5. The Morgan fingerprint density at radius 1 is 1.05 bits per heavy atom. The SMILES string of the molecule is Fc1ccccc1CNCCCN1CCc2ccccc21. The van der Waals surface area contributed by atoms with Crippen LogP contribution in [0.15, 0.2) is 48.5 Å². The van der Waals surface area contributed by atoms with Gasteiger partial charge in [0.2, 0.25) is 0 Å². The van der Waals surface area contributed by atoms with Crippen molar-refractivity contribution in [2.45, 2.75) is 19.4 Å². The van der Waals surface area contributed by atoms with Crippen LogP contribution in [0.3, 0.4) is 0 Å². The van der Waals surface area contributed by atoms with E-state index in [2.05, 4.69) is 34.5 Å². The van der Waals surface area contributed by atoms with Crippen molar-refractivity contribution < 1.29 is 4.39 Å². The second-order valence-electron chi connectivity index (χ2n) is 5.49. The maximum Gasteiger partial charge on any atom is 0.127 e. The van der Waals surface area contributed by atoms with Crippen molar-refractivity contribution in [1.82, 2.24) is 5.32 Å². The molecule has 0 bridgehead atoms. The maximum absolute atomic E-state index is 13.5. The smallest absolute Gasteiger partial charge is 0.127 e. The molecule has 21 heavy (non-hydrogen) atoms. The monoisotopic (exact) mass is 284 g/mol. The third kappa shape index (κ3) is 3.42. The summed E-state index contributed by atoms with van der Waals surface area (Å²) in [5, 5.41) is 3.32. The highest BCUT2D eigenvalue weighted by Crippen LogP contribution is 2.27. The summed E-state index contributed by atoms with van der Waals surface area (Å²) >= 11 is 0. The van der Waals surface area contributed by atoms with Gasteiger partial charge < -0.3 is 10.2 Å². The van der Waals surface area contributed by atoms with Gasteiger partial charge >= 0.3 is 0 Å². The quantitative estimate of drug-likeness (QED) is 0.818. The van der Waals surface area contributed by atoms with Crippen LogP contribution in [0.1, 0.15) is 17.5 Å². The Bertz CT molecular complexity index is 597. The minimum Gasteiger partial charge on any atom is -0.371 e. The molecular formula is C18H21FN2. The number of rotatable bonds is 6. The molecule has 0 radical (unpaired) electrons. The molecule has 110 valence electrons. The molecule has 0 unspecified atom stereocenters. The second-order valence-corrected chi connectivity index (χ2v) is 5.49. The van der Waals surface area contributed by atoms with E-state index in [1.807, 2.05) is 12.1 Å². The fourth-order valence-corrected chi connectivity index (χ4v) is 2.90. The summed E-state index contributed by atoms with van der Waals surface area (Å²) in [5.41, 5.74) is 3.58. The molecule has 3 heteroatoms. The average molecular weight is 284 g/mol. The Morgan fingerprint density at radius 2 is 1.86 bits per heavy atom. The number of halogens is 1. The largest absolute Gasteiger partial charge is 0.371 e. The standard InChI is InChI=1S/C18H21FN2/c19-17-8-3-1-7-16(17)14-20-11-5-12-21-13-10-15-6-2-4-9-18(15)21/h1-4,6-9,20H,5,10-14H2. The third-order valence-electron chi connectivity index (χ3n) is 4.04. The molecule has 2 nitrogen and oxygen atoms in total. The highest BCUT2D eigenvalue weighted by molar-refractivity contribution is 5.57. The molecule has 1 N–H and O–H groups in total. The van der Waals surface area contributed by atoms with Gasteiger partial charge in [-0.2, -0.15) is 0 Å². The van der Waals surface area contributed by atoms with Crippen LogP contribution in [0, 0.1) is 5.82 Å². The summed E-state index contributed by atoms with van der Waals surface area (Å²) in [4.78, 5) is 2.44. The Morgan fingerprint density at radius 3 is 2.76 bits per heavy atom. The van der Waals surface area contributed by atoms with Crippen LogP contribution >= 0.6 is 0 Å². The van der Waals surface area contributed by atoms with E-state index >= 15 is 0 Å². The molecule has 1 aliphatic rings. The van der Waals surface area contributed by atoms with Crippen LogP contribution in [-0.4, -0.2) is 19.6 Å². The molecule has 2 aromatic rings. The number of nitrogens with one attached hydrogen (secondary N) is 1. The molecule has 3 rings (SSSR count). The molecule has 0 atom stereocenters. The molecule has 1 heterocycles. The van der Waals surface area contributed by atoms with Gasteiger partial charge in [-0.3, -0.25) is 0 Å². The van der Waals surface area contributed by atoms with Gasteiger partial charge in [0, 0.05) is 30.9 Å². The molecule has 0 fully saturated rings. The van der Waals surface area contributed by atoms with Gasteiger partial charge in [0.25, 0.3) is 0 Å². The van der Waals surface area contributed by atoms with E-state index in [4.69, 9.17) is 0 Å². The normalized spacial score (nSPS) is 13.5. The van der Waals surface area contributed by atoms with E-state index in [-0.39, 0.29) is 5.82 Å². The number of hydrogen-bond acceptors (Lipinski definition) is 2. The molecule has 0 saturated carbocycles. The summed E-state index contributed by atoms with van der Waals surface area (Å²) in [6.45, 7) is 3.68. The van der Waals surface area contributed by atoms with Gasteiger partial charge in [-0.1, -0.05) is 36.4 Å². The lowest BCUT2D eigenvalue weighted by Crippen LogP contribution is -2.25. The fourth-order valence-electron chi connectivity index (χ4n) is 2.90. The summed E-state index contributed by atoms with van der Waals surface area (Å²) < 4.78 is 13.5. The summed E-state index contributed by atoms with van der Waals surface area (Å²) in [6, 6.07) is 15.6. The fraction of sp³-hybridized carbons (Fsp3) is 0.333. The molecule has 0 saturated heterocycles. The first kappa shape index (κ1) is 14.1. The van der Waals surface area contributed by atoms with Crippen molar-refractivity contribution in [2.75, 3.05) is 24.5 Å². The van der Waals surface area contributed by atoms with Crippen molar-refractivity contribution in [1.29, 1.82) is 0 Å². The number of fused-ring (bicyclic) bond motifs is 1. The molecular weight excluding hydrogens is 263 g/mol. The number of para-hydroxylation sites is 1. The average Bonchev–Trinajstić information content (AvgIpc) is 2.92. The van der Waals surface area contributed by atoms with Crippen molar-refractivity contribution in [3.8, 4) is 0 Å². The zero-order valence-corrected chi connectivity index (χ0v) is 12.2. The summed E-state index contributed by atoms with van der Waals surface area (Å²) in [7, 11) is 0. The first-order valence-electron chi connectivity index (χ1n) is 7.61. The van der Waals surface area contributed by atoms with Gasteiger partial charge in [-0.25, -0.2) is 4.39 Å². The molecule has 2 aromatic carbocycles. The lowest BCUT2D eigenvalue weighted by molar-refractivity contribution is 0.580. The van der Waals surface area contributed by atoms with Crippen molar-refractivity contribution in [3.63, 3.8) is 0 Å². The minimum atomic E-state index is -0.126. The van der Waals surface area contributed by atoms with E-state index in [1.54, 1.807) is 6.07 Å². The Kier molecular flexibility index (Phi) is 4.51. The van der Waals surface area contributed by atoms with Gasteiger partial charge in [0.05, 0.1) is 0 Å². The van der Waals surface area contributed by atoms with E-state index in [9.17, 15) is 4.39 Å². The summed E-state index contributed by atoms with van der Waals surface area (Å²) in [5.74, 6) is -0.126. The number of anilines is 1.